The van der Waals surface area contributed by atoms with E-state index in [2.05, 4.69) is 11.6 Å². The number of carbonyl (C=O) groups is 1. The lowest BCUT2D eigenvalue weighted by atomic mass is 10.1. The zero-order chi connectivity index (χ0) is 20.5. The van der Waals surface area contributed by atoms with Crippen LogP contribution in [0.15, 0.2) is 55.4 Å². The van der Waals surface area contributed by atoms with Crippen molar-refractivity contribution in [3.63, 3.8) is 0 Å². The number of benzene rings is 1. The van der Waals surface area contributed by atoms with Gasteiger partial charge in [0.15, 0.2) is 11.5 Å². The van der Waals surface area contributed by atoms with E-state index in [1.165, 1.54) is 0 Å². The van der Waals surface area contributed by atoms with Crippen molar-refractivity contribution in [1.82, 2.24) is 9.88 Å². The quantitative estimate of drug-likeness (QED) is 0.573. The Bertz CT molecular complexity index is 804. The van der Waals surface area contributed by atoms with Crippen LogP contribution in [-0.2, 0) is 22.6 Å². The van der Waals surface area contributed by atoms with E-state index in [0.717, 1.165) is 24.2 Å². The largest absolute Gasteiger partial charge is 0.493 e. The summed E-state index contributed by atoms with van der Waals surface area (Å²) in [6, 6.07) is 9.67. The molecule has 1 saturated heterocycles. The van der Waals surface area contributed by atoms with E-state index in [1.807, 2.05) is 35.2 Å². The Balaban J connectivity index is 1.74. The van der Waals surface area contributed by atoms with Crippen molar-refractivity contribution in [2.45, 2.75) is 38.5 Å². The first-order valence-corrected chi connectivity index (χ1v) is 9.88. The molecule has 1 aromatic heterocycles. The molecule has 1 atom stereocenters. The van der Waals surface area contributed by atoms with Crippen LogP contribution in [0.2, 0.25) is 0 Å². The summed E-state index contributed by atoms with van der Waals surface area (Å²) in [6.07, 6.45) is 7.30. The van der Waals surface area contributed by atoms with Gasteiger partial charge in [0, 0.05) is 38.3 Å². The summed E-state index contributed by atoms with van der Waals surface area (Å²) < 4.78 is 16.9. The second-order valence-electron chi connectivity index (χ2n) is 7.03. The first kappa shape index (κ1) is 20.9. The van der Waals surface area contributed by atoms with E-state index >= 15 is 0 Å². The fourth-order valence-electron chi connectivity index (χ4n) is 3.24. The van der Waals surface area contributed by atoms with Crippen molar-refractivity contribution in [1.29, 1.82) is 0 Å². The molecule has 6 nitrogen and oxygen atoms in total. The predicted molar refractivity (Wildman–Crippen MR) is 111 cm³/mol. The normalized spacial score (nSPS) is 15.7. The third-order valence-corrected chi connectivity index (χ3v) is 4.79. The Morgan fingerprint density at radius 1 is 1.31 bits per heavy atom. The number of carbonyl (C=O) groups excluding carboxylic acids is 1. The highest BCUT2D eigenvalue weighted by Gasteiger charge is 2.20. The lowest BCUT2D eigenvalue weighted by Crippen LogP contribution is -2.29. The highest BCUT2D eigenvalue weighted by Crippen LogP contribution is 2.31. The summed E-state index contributed by atoms with van der Waals surface area (Å²) in [4.78, 5) is 18.7. The maximum absolute atomic E-state index is 12.8. The Kier molecular flexibility index (Phi) is 7.64. The Morgan fingerprint density at radius 2 is 2.17 bits per heavy atom. The first-order valence-electron chi connectivity index (χ1n) is 9.88. The molecule has 0 bridgehead atoms. The third-order valence-electron chi connectivity index (χ3n) is 4.79. The number of hydrogen-bond donors (Lipinski definition) is 0. The average molecular weight is 396 g/mol. The number of pyridine rings is 1. The van der Waals surface area contributed by atoms with Gasteiger partial charge >= 0.3 is 0 Å². The molecular weight excluding hydrogens is 368 g/mol. The van der Waals surface area contributed by atoms with E-state index in [4.69, 9.17) is 14.2 Å². The number of hydrogen-bond acceptors (Lipinski definition) is 5. The highest BCUT2D eigenvalue weighted by molar-refractivity contribution is 5.76. The topological polar surface area (TPSA) is 60.9 Å². The Labute approximate surface area is 172 Å². The van der Waals surface area contributed by atoms with Gasteiger partial charge in [-0.05, 0) is 35.7 Å². The highest BCUT2D eigenvalue weighted by atomic mass is 16.6. The summed E-state index contributed by atoms with van der Waals surface area (Å²) in [5.41, 5.74) is 1.97. The molecule has 0 unspecified atom stereocenters. The zero-order valence-corrected chi connectivity index (χ0v) is 16.9. The lowest BCUT2D eigenvalue weighted by molar-refractivity contribution is -0.132. The average Bonchev–Trinajstić information content (AvgIpc) is 3.26. The van der Waals surface area contributed by atoms with Crippen LogP contribution in [0.5, 0.6) is 11.5 Å². The van der Waals surface area contributed by atoms with Crippen molar-refractivity contribution in [3.05, 3.63) is 66.5 Å². The molecule has 1 aliphatic rings. The first-order chi connectivity index (χ1) is 14.2. The van der Waals surface area contributed by atoms with E-state index < -0.39 is 0 Å². The summed E-state index contributed by atoms with van der Waals surface area (Å²) in [5, 5.41) is 0. The van der Waals surface area contributed by atoms with Gasteiger partial charge < -0.3 is 19.1 Å². The van der Waals surface area contributed by atoms with Gasteiger partial charge in [-0.1, -0.05) is 18.2 Å². The molecule has 0 N–H and O–H groups in total. The van der Waals surface area contributed by atoms with Gasteiger partial charge in [0.05, 0.1) is 20.3 Å². The van der Waals surface area contributed by atoms with Gasteiger partial charge in [-0.15, -0.1) is 6.58 Å². The summed E-state index contributed by atoms with van der Waals surface area (Å²) in [5.74, 6) is 1.44. The molecule has 1 aromatic carbocycles. The van der Waals surface area contributed by atoms with E-state index in [0.29, 0.717) is 44.0 Å². The number of methoxy groups -OCH3 is 1. The van der Waals surface area contributed by atoms with Crippen LogP contribution < -0.4 is 9.47 Å². The summed E-state index contributed by atoms with van der Waals surface area (Å²) in [7, 11) is 1.62. The van der Waals surface area contributed by atoms with Crippen LogP contribution in [-0.4, -0.2) is 42.2 Å². The predicted octanol–water partition coefficient (Wildman–Crippen LogP) is 3.75. The fraction of sp³-hybridized carbons (Fsp3) is 0.391. The molecule has 3 rings (SSSR count). The minimum Gasteiger partial charge on any atom is -0.493 e. The number of ether oxygens (including phenoxy) is 3. The fourth-order valence-corrected chi connectivity index (χ4v) is 3.24. The molecular formula is C23H28N2O4. The van der Waals surface area contributed by atoms with Crippen molar-refractivity contribution in [2.24, 2.45) is 0 Å². The van der Waals surface area contributed by atoms with Crippen LogP contribution in [0.1, 0.15) is 30.4 Å². The Hall–Kier alpha value is -2.86. The molecule has 154 valence electrons. The van der Waals surface area contributed by atoms with E-state index in [1.54, 1.807) is 25.6 Å². The molecule has 0 saturated carbocycles. The van der Waals surface area contributed by atoms with Crippen molar-refractivity contribution >= 4 is 5.91 Å². The molecule has 1 aliphatic heterocycles. The molecule has 6 heteroatoms. The maximum atomic E-state index is 12.8. The number of aromatic nitrogens is 1. The monoisotopic (exact) mass is 396 g/mol. The van der Waals surface area contributed by atoms with Gasteiger partial charge in [-0.2, -0.15) is 0 Å². The van der Waals surface area contributed by atoms with E-state index in [9.17, 15) is 4.79 Å². The minimum absolute atomic E-state index is 0.0531. The van der Waals surface area contributed by atoms with Gasteiger partial charge in [0.1, 0.15) is 6.10 Å². The summed E-state index contributed by atoms with van der Waals surface area (Å²) in [6.45, 7) is 6.02. The van der Waals surface area contributed by atoms with Crippen LogP contribution in [0.25, 0.3) is 0 Å². The Morgan fingerprint density at radius 3 is 2.86 bits per heavy atom. The smallest absolute Gasteiger partial charge is 0.223 e. The van der Waals surface area contributed by atoms with Gasteiger partial charge in [0.2, 0.25) is 5.91 Å². The lowest BCUT2D eigenvalue weighted by Gasteiger charge is -2.24. The SMILES string of the molecule is C=CCCC(=O)N(Cc1cccnc1)Cc1ccc(O[C@@H]2CCOC2)c(OC)c1. The summed E-state index contributed by atoms with van der Waals surface area (Å²) >= 11 is 0. The molecule has 29 heavy (non-hydrogen) atoms. The third kappa shape index (κ3) is 6.06. The van der Waals surface area contributed by atoms with E-state index in [-0.39, 0.29) is 12.0 Å². The molecule has 0 spiro atoms. The molecule has 2 aromatic rings. The second-order valence-corrected chi connectivity index (χ2v) is 7.03. The van der Waals surface area contributed by atoms with Gasteiger partial charge in [-0.25, -0.2) is 0 Å². The van der Waals surface area contributed by atoms with Crippen LogP contribution >= 0.6 is 0 Å². The molecule has 2 heterocycles. The van der Waals surface area contributed by atoms with Crippen molar-refractivity contribution in [3.8, 4) is 11.5 Å². The molecule has 0 aliphatic carbocycles. The molecule has 0 radical (unpaired) electrons. The van der Waals surface area contributed by atoms with Crippen LogP contribution in [0.4, 0.5) is 0 Å². The number of rotatable bonds is 10. The second kappa shape index (κ2) is 10.6. The van der Waals surface area contributed by atoms with Crippen molar-refractivity contribution < 1.29 is 19.0 Å². The van der Waals surface area contributed by atoms with Gasteiger partial charge in [0.25, 0.3) is 0 Å². The minimum atomic E-state index is 0.0531. The molecule has 1 amide bonds. The number of nitrogens with zero attached hydrogens (tertiary/aromatic N) is 2. The number of amides is 1. The zero-order valence-electron chi connectivity index (χ0n) is 16.9. The van der Waals surface area contributed by atoms with Crippen LogP contribution in [0.3, 0.4) is 0 Å². The van der Waals surface area contributed by atoms with Crippen molar-refractivity contribution in [2.75, 3.05) is 20.3 Å². The number of allylic oxidation sites excluding steroid dienone is 1. The standard InChI is InChI=1S/C23H28N2O4/c1-3-4-7-23(26)25(16-19-6-5-11-24-14-19)15-18-8-9-21(22(13-18)27-2)29-20-10-12-28-17-20/h3,5-6,8-9,11,13-14,20H,1,4,7,10,12,15-17H2,2H3/t20-/m1/s1. The maximum Gasteiger partial charge on any atom is 0.223 e. The molecule has 1 fully saturated rings. The van der Waals surface area contributed by atoms with Crippen LogP contribution in [0, 0.1) is 0 Å². The van der Waals surface area contributed by atoms with Gasteiger partial charge in [-0.3, -0.25) is 9.78 Å².